The van der Waals surface area contributed by atoms with Gasteiger partial charge in [0.25, 0.3) is 5.91 Å². The zero-order valence-electron chi connectivity index (χ0n) is 20.9. The van der Waals surface area contributed by atoms with Crippen LogP contribution in [0.15, 0.2) is 42.5 Å². The van der Waals surface area contributed by atoms with E-state index in [0.29, 0.717) is 5.56 Å². The summed E-state index contributed by atoms with van der Waals surface area (Å²) in [6.45, 7) is 6.77. The molecule has 2 aromatic carbocycles. The van der Waals surface area contributed by atoms with Gasteiger partial charge in [-0.15, -0.1) is 0 Å². The van der Waals surface area contributed by atoms with Crippen LogP contribution in [0.3, 0.4) is 0 Å². The van der Waals surface area contributed by atoms with E-state index in [1.54, 1.807) is 32.0 Å². The van der Waals surface area contributed by atoms with E-state index in [0.717, 1.165) is 6.07 Å². The molecule has 1 saturated heterocycles. The number of hydrogen-bond donors (Lipinski definition) is 1. The standard InChI is InChI=1S/C27H32F3NO5/c1-16(2)31-25(32)27(34-15-17-8-5-6-10-19(17)28)12-21(24-22(13-27)35-26(3,4)36-24)33-14-18-9-7-11-20(29)23(18)30/h5-11,16,21-22,24H,12-15H2,1-4H3,(H,31,32)/t21-,22-,24+,27-/m1/s1. The van der Waals surface area contributed by atoms with Gasteiger partial charge in [0, 0.05) is 30.0 Å². The topological polar surface area (TPSA) is 66.0 Å². The Balaban J connectivity index is 1.63. The van der Waals surface area contributed by atoms with Gasteiger partial charge in [-0.2, -0.15) is 0 Å². The fourth-order valence-electron chi connectivity index (χ4n) is 4.79. The number of nitrogens with one attached hydrogen (secondary N) is 1. The van der Waals surface area contributed by atoms with Gasteiger partial charge in [-0.3, -0.25) is 4.79 Å². The summed E-state index contributed by atoms with van der Waals surface area (Å²) in [5, 5.41) is 2.90. The van der Waals surface area contributed by atoms with Gasteiger partial charge in [0.15, 0.2) is 23.0 Å². The molecule has 196 valence electrons. The number of carbonyl (C=O) groups excluding carboxylic acids is 1. The molecular weight excluding hydrogens is 475 g/mol. The van der Waals surface area contributed by atoms with Gasteiger partial charge in [-0.25, -0.2) is 13.2 Å². The molecule has 1 N–H and O–H groups in total. The molecule has 0 aromatic heterocycles. The maximum absolute atomic E-state index is 14.3. The number of benzene rings is 2. The van der Waals surface area contributed by atoms with Gasteiger partial charge in [0.1, 0.15) is 11.9 Å². The Morgan fingerprint density at radius 2 is 1.69 bits per heavy atom. The van der Waals surface area contributed by atoms with Crippen molar-refractivity contribution in [2.24, 2.45) is 0 Å². The molecule has 0 spiro atoms. The predicted octanol–water partition coefficient (Wildman–Crippen LogP) is 4.78. The highest BCUT2D eigenvalue weighted by Gasteiger charge is 2.58. The van der Waals surface area contributed by atoms with Gasteiger partial charge in [-0.1, -0.05) is 30.3 Å². The van der Waals surface area contributed by atoms with E-state index in [-0.39, 0.29) is 43.6 Å². The maximum Gasteiger partial charge on any atom is 0.252 e. The molecule has 36 heavy (non-hydrogen) atoms. The first-order chi connectivity index (χ1) is 17.0. The SMILES string of the molecule is CC(C)NC(=O)[C@@]1(OCc2ccccc2F)C[C@@H](OCc2cccc(F)c2F)[C@@H]2OC(C)(C)O[C@@H]2C1. The molecule has 1 amide bonds. The van der Waals surface area contributed by atoms with Crippen molar-refractivity contribution < 1.29 is 36.9 Å². The Bertz CT molecular complexity index is 1090. The van der Waals surface area contributed by atoms with Gasteiger partial charge in [0.2, 0.25) is 0 Å². The Morgan fingerprint density at radius 3 is 2.42 bits per heavy atom. The number of fused-ring (bicyclic) bond motifs is 1. The van der Waals surface area contributed by atoms with Crippen molar-refractivity contribution in [2.75, 3.05) is 0 Å². The van der Waals surface area contributed by atoms with Crippen LogP contribution in [-0.2, 0) is 37.0 Å². The van der Waals surface area contributed by atoms with Crippen molar-refractivity contribution >= 4 is 5.91 Å². The molecule has 0 radical (unpaired) electrons. The summed E-state index contributed by atoms with van der Waals surface area (Å²) in [4.78, 5) is 13.5. The van der Waals surface area contributed by atoms with Gasteiger partial charge in [0.05, 0.1) is 25.4 Å². The molecule has 0 unspecified atom stereocenters. The highest BCUT2D eigenvalue weighted by Crippen LogP contribution is 2.44. The Kier molecular flexibility index (Phi) is 7.75. The van der Waals surface area contributed by atoms with Crippen LogP contribution in [0.4, 0.5) is 13.2 Å². The monoisotopic (exact) mass is 507 g/mol. The number of halogens is 3. The van der Waals surface area contributed by atoms with Crippen molar-refractivity contribution in [1.29, 1.82) is 0 Å². The predicted molar refractivity (Wildman–Crippen MR) is 125 cm³/mol. The minimum absolute atomic E-state index is 0.0415. The van der Waals surface area contributed by atoms with Gasteiger partial charge < -0.3 is 24.3 Å². The third-order valence-corrected chi connectivity index (χ3v) is 6.43. The first-order valence-electron chi connectivity index (χ1n) is 12.1. The lowest BCUT2D eigenvalue weighted by Crippen LogP contribution is -2.60. The third kappa shape index (κ3) is 5.75. The van der Waals surface area contributed by atoms with Crippen LogP contribution in [0, 0.1) is 17.5 Å². The molecule has 2 aliphatic rings. The summed E-state index contributed by atoms with van der Waals surface area (Å²) in [5.74, 6) is -3.74. The van der Waals surface area contributed by atoms with E-state index in [4.69, 9.17) is 18.9 Å². The molecule has 4 rings (SSSR count). The molecule has 4 atom stereocenters. The molecule has 1 saturated carbocycles. The summed E-state index contributed by atoms with van der Waals surface area (Å²) in [6.07, 6.45) is -1.67. The van der Waals surface area contributed by atoms with Crippen molar-refractivity contribution in [3.05, 3.63) is 71.0 Å². The van der Waals surface area contributed by atoms with Crippen LogP contribution >= 0.6 is 0 Å². The molecular formula is C27H32F3NO5. The van der Waals surface area contributed by atoms with E-state index in [1.807, 2.05) is 13.8 Å². The van der Waals surface area contributed by atoms with E-state index in [2.05, 4.69) is 5.32 Å². The molecule has 1 aliphatic heterocycles. The van der Waals surface area contributed by atoms with Crippen LogP contribution in [0.1, 0.15) is 51.7 Å². The molecule has 1 heterocycles. The lowest BCUT2D eigenvalue weighted by atomic mass is 9.78. The minimum atomic E-state index is -1.43. The highest BCUT2D eigenvalue weighted by atomic mass is 19.2. The van der Waals surface area contributed by atoms with Crippen molar-refractivity contribution in [1.82, 2.24) is 5.32 Å². The van der Waals surface area contributed by atoms with Crippen molar-refractivity contribution in [3.8, 4) is 0 Å². The minimum Gasteiger partial charge on any atom is -0.370 e. The van der Waals surface area contributed by atoms with Crippen LogP contribution in [-0.4, -0.2) is 41.6 Å². The molecule has 2 aromatic rings. The third-order valence-electron chi connectivity index (χ3n) is 6.43. The number of carbonyl (C=O) groups is 1. The fourth-order valence-corrected chi connectivity index (χ4v) is 4.79. The molecule has 2 fully saturated rings. The van der Waals surface area contributed by atoms with Crippen LogP contribution in [0.5, 0.6) is 0 Å². The summed E-state index contributed by atoms with van der Waals surface area (Å²) in [6, 6.07) is 9.87. The van der Waals surface area contributed by atoms with Crippen LogP contribution in [0.2, 0.25) is 0 Å². The zero-order chi connectivity index (χ0) is 26.1. The second-order valence-corrected chi connectivity index (χ2v) is 10.1. The molecule has 0 bridgehead atoms. The summed E-state index contributed by atoms with van der Waals surface area (Å²) in [7, 11) is 0. The quantitative estimate of drug-likeness (QED) is 0.557. The lowest BCUT2D eigenvalue weighted by Gasteiger charge is -2.43. The average Bonchev–Trinajstić information content (AvgIpc) is 3.12. The zero-order valence-corrected chi connectivity index (χ0v) is 20.9. The van der Waals surface area contributed by atoms with Crippen molar-refractivity contribution in [2.45, 2.75) is 89.5 Å². The normalized spacial score (nSPS) is 27.2. The van der Waals surface area contributed by atoms with Gasteiger partial charge >= 0.3 is 0 Å². The first-order valence-corrected chi connectivity index (χ1v) is 12.1. The van der Waals surface area contributed by atoms with Crippen LogP contribution < -0.4 is 5.32 Å². The number of hydrogen-bond acceptors (Lipinski definition) is 5. The smallest absolute Gasteiger partial charge is 0.252 e. The van der Waals surface area contributed by atoms with E-state index in [1.165, 1.54) is 18.2 Å². The van der Waals surface area contributed by atoms with Crippen LogP contribution in [0.25, 0.3) is 0 Å². The first kappa shape index (κ1) is 26.6. The Labute approximate surface area is 209 Å². The molecule has 6 nitrogen and oxygen atoms in total. The fraction of sp³-hybridized carbons (Fsp3) is 0.519. The lowest BCUT2D eigenvalue weighted by molar-refractivity contribution is -0.184. The summed E-state index contributed by atoms with van der Waals surface area (Å²) < 4.78 is 66.8. The number of amides is 1. The maximum atomic E-state index is 14.3. The summed E-state index contributed by atoms with van der Waals surface area (Å²) in [5.41, 5.74) is -1.08. The van der Waals surface area contributed by atoms with E-state index in [9.17, 15) is 18.0 Å². The van der Waals surface area contributed by atoms with E-state index < -0.39 is 47.2 Å². The highest BCUT2D eigenvalue weighted by molar-refractivity contribution is 5.85. The van der Waals surface area contributed by atoms with Crippen molar-refractivity contribution in [3.63, 3.8) is 0 Å². The summed E-state index contributed by atoms with van der Waals surface area (Å²) >= 11 is 0. The van der Waals surface area contributed by atoms with E-state index >= 15 is 0 Å². The molecule has 1 aliphatic carbocycles. The second-order valence-electron chi connectivity index (χ2n) is 10.1. The second kappa shape index (κ2) is 10.5. The average molecular weight is 508 g/mol. The number of rotatable bonds is 8. The van der Waals surface area contributed by atoms with Gasteiger partial charge in [-0.05, 0) is 39.8 Å². The Hall–Kier alpha value is -2.46. The molecule has 9 heteroatoms. The number of ether oxygens (including phenoxy) is 4. The largest absolute Gasteiger partial charge is 0.370 e. The Morgan fingerprint density at radius 1 is 1.00 bits per heavy atom.